The summed E-state index contributed by atoms with van der Waals surface area (Å²) in [5, 5.41) is 3.07. The Kier molecular flexibility index (Phi) is 3.13. The van der Waals surface area contributed by atoms with Crippen LogP contribution in [0.4, 0.5) is 4.39 Å². The molecule has 0 saturated carbocycles. The van der Waals surface area contributed by atoms with Crippen molar-refractivity contribution in [3.05, 3.63) is 57.3 Å². The Bertz CT molecular complexity index is 566. The molecule has 1 aromatic heterocycles. The number of aromatic nitrogens is 2. The van der Waals surface area contributed by atoms with Crippen molar-refractivity contribution in [3.8, 4) is 0 Å². The highest BCUT2D eigenvalue weighted by atomic mass is 19.1. The first kappa shape index (κ1) is 11.6. The summed E-state index contributed by atoms with van der Waals surface area (Å²) < 4.78 is 14.3. The Morgan fingerprint density at radius 1 is 1.29 bits per heavy atom. The molecule has 2 rings (SSSR count). The second-order valence-electron chi connectivity index (χ2n) is 4.09. The molecule has 0 spiro atoms. The summed E-state index contributed by atoms with van der Waals surface area (Å²) in [4.78, 5) is 11.9. The highest BCUT2D eigenvalue weighted by Gasteiger charge is 2.08. The van der Waals surface area contributed by atoms with Gasteiger partial charge in [-0.25, -0.2) is 9.07 Å². The Balaban J connectivity index is 2.30. The van der Waals surface area contributed by atoms with Gasteiger partial charge in [-0.1, -0.05) is 19.1 Å². The molecule has 0 aliphatic carbocycles. The van der Waals surface area contributed by atoms with Crippen LogP contribution in [-0.4, -0.2) is 9.78 Å². The third kappa shape index (κ3) is 2.30. The molecule has 0 radical (unpaired) electrons. The molecule has 0 atom stereocenters. The minimum atomic E-state index is -0.266. The molecule has 0 fully saturated rings. The number of nitrogens with one attached hydrogen (secondary N) is 1. The molecule has 1 N–H and O–H groups in total. The standard InChI is InChI=1S/C13H15FN2O/c1-3-12-9(2)13(17)16(15-12)8-10-4-6-11(14)7-5-10/h4-7,15H,3,8H2,1-2H3. The lowest BCUT2D eigenvalue weighted by Gasteiger charge is -2.02. The van der Waals surface area contributed by atoms with E-state index in [0.717, 1.165) is 23.2 Å². The van der Waals surface area contributed by atoms with Crippen LogP contribution < -0.4 is 5.56 Å². The molecule has 0 bridgehead atoms. The zero-order valence-corrected chi connectivity index (χ0v) is 9.96. The first-order valence-electron chi connectivity index (χ1n) is 5.64. The van der Waals surface area contributed by atoms with Crippen LogP contribution in [0.2, 0.25) is 0 Å². The van der Waals surface area contributed by atoms with Gasteiger partial charge in [0.05, 0.1) is 6.54 Å². The van der Waals surface area contributed by atoms with Crippen LogP contribution in [0.25, 0.3) is 0 Å². The summed E-state index contributed by atoms with van der Waals surface area (Å²) >= 11 is 0. The van der Waals surface area contributed by atoms with Crippen molar-refractivity contribution in [1.29, 1.82) is 0 Å². The Morgan fingerprint density at radius 2 is 1.94 bits per heavy atom. The van der Waals surface area contributed by atoms with Crippen LogP contribution >= 0.6 is 0 Å². The largest absolute Gasteiger partial charge is 0.299 e. The summed E-state index contributed by atoms with van der Waals surface area (Å²) in [6.07, 6.45) is 0.803. The minimum Gasteiger partial charge on any atom is -0.299 e. The van der Waals surface area contributed by atoms with Crippen molar-refractivity contribution in [1.82, 2.24) is 9.78 Å². The van der Waals surface area contributed by atoms with E-state index in [1.165, 1.54) is 12.1 Å². The monoisotopic (exact) mass is 234 g/mol. The van der Waals surface area contributed by atoms with Crippen molar-refractivity contribution < 1.29 is 4.39 Å². The average Bonchev–Trinajstić information content (AvgIpc) is 2.60. The maximum absolute atomic E-state index is 12.8. The highest BCUT2D eigenvalue weighted by molar-refractivity contribution is 5.19. The fourth-order valence-electron chi connectivity index (χ4n) is 1.86. The summed E-state index contributed by atoms with van der Waals surface area (Å²) in [7, 11) is 0. The van der Waals surface area contributed by atoms with E-state index in [0.29, 0.717) is 6.54 Å². The van der Waals surface area contributed by atoms with Gasteiger partial charge in [0.2, 0.25) is 0 Å². The van der Waals surface area contributed by atoms with Gasteiger partial charge in [-0.3, -0.25) is 9.89 Å². The van der Waals surface area contributed by atoms with Crippen LogP contribution in [0.1, 0.15) is 23.7 Å². The van der Waals surface area contributed by atoms with Crippen LogP contribution in [-0.2, 0) is 13.0 Å². The number of hydrogen-bond donors (Lipinski definition) is 1. The molecule has 1 heterocycles. The van der Waals surface area contributed by atoms with E-state index in [9.17, 15) is 9.18 Å². The second-order valence-corrected chi connectivity index (χ2v) is 4.09. The fraction of sp³-hybridized carbons (Fsp3) is 0.308. The van der Waals surface area contributed by atoms with Gasteiger partial charge in [-0.05, 0) is 31.0 Å². The smallest absolute Gasteiger partial charge is 0.269 e. The summed E-state index contributed by atoms with van der Waals surface area (Å²) in [6.45, 7) is 4.26. The van der Waals surface area contributed by atoms with Gasteiger partial charge in [0.15, 0.2) is 0 Å². The van der Waals surface area contributed by atoms with E-state index in [4.69, 9.17) is 0 Å². The van der Waals surface area contributed by atoms with Crippen molar-refractivity contribution in [2.45, 2.75) is 26.8 Å². The van der Waals surface area contributed by atoms with Crippen molar-refractivity contribution in [2.24, 2.45) is 0 Å². The molecule has 3 nitrogen and oxygen atoms in total. The summed E-state index contributed by atoms with van der Waals surface area (Å²) in [5.74, 6) is -0.266. The predicted octanol–water partition coefficient (Wildman–Crippen LogP) is 2.23. The molecule has 2 aromatic rings. The Hall–Kier alpha value is -1.84. The molecule has 1 aromatic carbocycles. The van der Waals surface area contributed by atoms with Gasteiger partial charge in [0.1, 0.15) is 5.82 Å². The van der Waals surface area contributed by atoms with Gasteiger partial charge in [0, 0.05) is 11.3 Å². The molecule has 0 saturated heterocycles. The normalized spacial score (nSPS) is 10.8. The van der Waals surface area contributed by atoms with E-state index in [1.807, 2.05) is 13.8 Å². The third-order valence-electron chi connectivity index (χ3n) is 2.90. The molecule has 0 unspecified atom stereocenters. The van der Waals surface area contributed by atoms with Gasteiger partial charge in [0.25, 0.3) is 5.56 Å². The maximum atomic E-state index is 12.8. The number of benzene rings is 1. The van der Waals surface area contributed by atoms with Gasteiger partial charge < -0.3 is 0 Å². The first-order valence-corrected chi connectivity index (χ1v) is 5.64. The lowest BCUT2D eigenvalue weighted by Crippen LogP contribution is -2.18. The van der Waals surface area contributed by atoms with Crippen molar-refractivity contribution in [2.75, 3.05) is 0 Å². The SMILES string of the molecule is CCc1[nH]n(Cc2ccc(F)cc2)c(=O)c1C. The van der Waals surface area contributed by atoms with Crippen LogP contribution in [0, 0.1) is 12.7 Å². The number of halogens is 1. The lowest BCUT2D eigenvalue weighted by atomic mass is 10.2. The average molecular weight is 234 g/mol. The Labute approximate surface area is 98.9 Å². The number of H-pyrrole nitrogens is 1. The highest BCUT2D eigenvalue weighted by Crippen LogP contribution is 2.05. The van der Waals surface area contributed by atoms with Crippen LogP contribution in [0.15, 0.2) is 29.1 Å². The first-order chi connectivity index (χ1) is 8.11. The van der Waals surface area contributed by atoms with E-state index in [1.54, 1.807) is 16.8 Å². The number of rotatable bonds is 3. The Morgan fingerprint density at radius 3 is 2.47 bits per heavy atom. The van der Waals surface area contributed by atoms with Gasteiger partial charge in [-0.2, -0.15) is 0 Å². The molecule has 4 heteroatoms. The van der Waals surface area contributed by atoms with E-state index in [2.05, 4.69) is 5.10 Å². The molecule has 0 amide bonds. The van der Waals surface area contributed by atoms with Gasteiger partial charge in [-0.15, -0.1) is 0 Å². The van der Waals surface area contributed by atoms with E-state index in [-0.39, 0.29) is 11.4 Å². The third-order valence-corrected chi connectivity index (χ3v) is 2.90. The molecule has 90 valence electrons. The minimum absolute atomic E-state index is 0.00817. The van der Waals surface area contributed by atoms with E-state index >= 15 is 0 Å². The number of nitrogens with zero attached hydrogens (tertiary/aromatic N) is 1. The zero-order chi connectivity index (χ0) is 12.4. The number of aryl methyl sites for hydroxylation is 1. The zero-order valence-electron chi connectivity index (χ0n) is 9.96. The van der Waals surface area contributed by atoms with Crippen LogP contribution in [0.3, 0.4) is 0 Å². The molecular weight excluding hydrogens is 219 g/mol. The van der Waals surface area contributed by atoms with Crippen LogP contribution in [0.5, 0.6) is 0 Å². The molecular formula is C13H15FN2O. The second kappa shape index (κ2) is 4.57. The summed E-state index contributed by atoms with van der Waals surface area (Å²) in [6, 6.07) is 6.17. The van der Waals surface area contributed by atoms with Crippen molar-refractivity contribution in [3.63, 3.8) is 0 Å². The topological polar surface area (TPSA) is 37.8 Å². The maximum Gasteiger partial charge on any atom is 0.269 e. The van der Waals surface area contributed by atoms with Gasteiger partial charge >= 0.3 is 0 Å². The predicted molar refractivity (Wildman–Crippen MR) is 64.7 cm³/mol. The molecule has 17 heavy (non-hydrogen) atoms. The summed E-state index contributed by atoms with van der Waals surface area (Å²) in [5.41, 5.74) is 2.61. The number of hydrogen-bond acceptors (Lipinski definition) is 1. The fourth-order valence-corrected chi connectivity index (χ4v) is 1.86. The quantitative estimate of drug-likeness (QED) is 0.868. The molecule has 0 aliphatic heterocycles. The van der Waals surface area contributed by atoms with E-state index < -0.39 is 0 Å². The number of aromatic amines is 1. The lowest BCUT2D eigenvalue weighted by molar-refractivity contribution is 0.621. The molecule has 0 aliphatic rings. The van der Waals surface area contributed by atoms with Crippen molar-refractivity contribution >= 4 is 0 Å².